The molecule has 2 fully saturated rings. The van der Waals surface area contributed by atoms with Gasteiger partial charge >= 0.3 is 9.28 Å². The molecule has 3 rings (SSSR count). The summed E-state index contributed by atoms with van der Waals surface area (Å²) in [5.74, 6) is 1.50. The first-order valence-electron chi connectivity index (χ1n) is 13.0. The maximum absolute atomic E-state index is 13.8. The second-order valence-electron chi connectivity index (χ2n) is 12.7. The first-order chi connectivity index (χ1) is 16.2. The summed E-state index contributed by atoms with van der Waals surface area (Å²) < 4.78 is 18.1. The molecule has 1 aromatic rings. The van der Waals surface area contributed by atoms with Crippen molar-refractivity contribution >= 4 is 37.8 Å². The lowest BCUT2D eigenvalue weighted by molar-refractivity contribution is -0.126. The van der Waals surface area contributed by atoms with E-state index in [0.717, 1.165) is 55.3 Å². The number of ether oxygens (including phenoxy) is 1. The third kappa shape index (κ3) is 6.64. The third-order valence-electron chi connectivity index (χ3n) is 7.48. The van der Waals surface area contributed by atoms with Gasteiger partial charge in [0, 0.05) is 12.1 Å². The third-order valence-corrected chi connectivity index (χ3v) is 15.0. The Morgan fingerprint density at radius 3 is 2.20 bits per heavy atom. The van der Waals surface area contributed by atoms with Gasteiger partial charge in [-0.1, -0.05) is 26.0 Å². The molecule has 195 valence electrons. The summed E-state index contributed by atoms with van der Waals surface area (Å²) in [4.78, 5) is 13.8. The Bertz CT molecular complexity index is 902. The summed E-state index contributed by atoms with van der Waals surface area (Å²) in [5.41, 5.74) is 1.73. The van der Waals surface area contributed by atoms with E-state index < -0.39 is 25.9 Å². The fraction of sp³-hybridized carbons (Fsp3) is 0.667. The molecule has 0 heterocycles. The van der Waals surface area contributed by atoms with Gasteiger partial charge in [-0.05, 0) is 106 Å². The van der Waals surface area contributed by atoms with Crippen LogP contribution in [0, 0.1) is 16.7 Å². The lowest BCUT2D eigenvalue weighted by Gasteiger charge is -2.36. The van der Waals surface area contributed by atoms with E-state index >= 15 is 0 Å². The highest BCUT2D eigenvalue weighted by Crippen LogP contribution is 2.65. The number of methoxy groups -OCH3 is 1. The average molecular weight is 533 g/mol. The summed E-state index contributed by atoms with van der Waals surface area (Å²) in [5, 5.41) is 3.68. The molecule has 2 saturated carbocycles. The smallest absolute Gasteiger partial charge is 0.362 e. The Balaban J connectivity index is 1.62. The highest BCUT2D eigenvalue weighted by Gasteiger charge is 2.66. The standard InChI is InChI=1S/C27H46NO4Si3/c1-26(2)24-15-16-27(26,25(29)23(24)19-21-11-13-22(30-3)14-12-21)20-28-17-10-18-33(31-34(4,5)6)32-35(7,8)9/h11-14,19,24,28H,10,15-18,20H2,1-9H3/b23-19+. The van der Waals surface area contributed by atoms with Crippen molar-refractivity contribution in [2.45, 2.75) is 78.4 Å². The monoisotopic (exact) mass is 532 g/mol. The van der Waals surface area contributed by atoms with E-state index in [9.17, 15) is 4.79 Å². The zero-order valence-corrected chi connectivity index (χ0v) is 26.3. The van der Waals surface area contributed by atoms with Crippen LogP contribution in [0.1, 0.15) is 38.7 Å². The molecule has 1 radical (unpaired) electrons. The molecule has 8 heteroatoms. The van der Waals surface area contributed by atoms with E-state index in [4.69, 9.17) is 13.0 Å². The number of allylic oxidation sites excluding steroid dienone is 1. The van der Waals surface area contributed by atoms with Gasteiger partial charge in [-0.25, -0.2) is 0 Å². The van der Waals surface area contributed by atoms with Crippen LogP contribution in [0.5, 0.6) is 5.75 Å². The highest BCUT2D eigenvalue weighted by molar-refractivity contribution is 6.81. The number of carbonyl (C=O) groups excluding carboxylic acids is 1. The van der Waals surface area contributed by atoms with E-state index in [1.807, 2.05) is 24.3 Å². The molecule has 0 amide bonds. The van der Waals surface area contributed by atoms with Crippen LogP contribution in [0.4, 0.5) is 0 Å². The Morgan fingerprint density at radius 1 is 1.06 bits per heavy atom. The quantitative estimate of drug-likeness (QED) is 0.196. The highest BCUT2D eigenvalue weighted by atomic mass is 28.4. The summed E-state index contributed by atoms with van der Waals surface area (Å²) in [6.45, 7) is 19.7. The number of rotatable bonds is 12. The molecule has 2 unspecified atom stereocenters. The zero-order chi connectivity index (χ0) is 26.1. The number of hydrogen-bond donors (Lipinski definition) is 1. The molecule has 0 aliphatic heterocycles. The molecule has 0 spiro atoms. The van der Waals surface area contributed by atoms with Gasteiger partial charge in [0.25, 0.3) is 0 Å². The first-order valence-corrected chi connectivity index (χ1v) is 21.4. The Kier molecular flexibility index (Phi) is 8.76. The van der Waals surface area contributed by atoms with Gasteiger partial charge in [0.2, 0.25) is 0 Å². The van der Waals surface area contributed by atoms with Crippen molar-refractivity contribution in [3.8, 4) is 5.75 Å². The number of fused-ring (bicyclic) bond motifs is 2. The van der Waals surface area contributed by atoms with Gasteiger partial charge in [-0.15, -0.1) is 0 Å². The van der Waals surface area contributed by atoms with Crippen molar-refractivity contribution < 1.29 is 17.8 Å². The van der Waals surface area contributed by atoms with Crippen LogP contribution in [0.25, 0.3) is 6.08 Å². The summed E-state index contributed by atoms with van der Waals surface area (Å²) >= 11 is 0. The van der Waals surface area contributed by atoms with Crippen molar-refractivity contribution in [3.05, 3.63) is 35.4 Å². The Hall–Kier alpha value is -1.04. The molecule has 2 bridgehead atoms. The van der Waals surface area contributed by atoms with Crippen LogP contribution in [-0.2, 0) is 13.0 Å². The van der Waals surface area contributed by atoms with Crippen LogP contribution in [0.15, 0.2) is 29.8 Å². The molecular formula is C27H46NO4Si3. The van der Waals surface area contributed by atoms with Crippen LogP contribution >= 0.6 is 0 Å². The van der Waals surface area contributed by atoms with E-state index in [0.29, 0.717) is 11.7 Å². The number of nitrogens with one attached hydrogen (secondary N) is 1. The Morgan fingerprint density at radius 2 is 1.66 bits per heavy atom. The number of benzene rings is 1. The SMILES string of the molecule is COc1ccc(/C=C2/C(=O)C3(CNCCC[Si](O[Si](C)(C)C)O[Si](C)(C)C)CCC2C3(C)C)cc1. The Labute approximate surface area is 217 Å². The van der Waals surface area contributed by atoms with Gasteiger partial charge in [0.15, 0.2) is 22.4 Å². The fourth-order valence-electron chi connectivity index (χ4n) is 5.70. The molecule has 0 aromatic heterocycles. The van der Waals surface area contributed by atoms with E-state index in [1.165, 1.54) is 0 Å². The summed E-state index contributed by atoms with van der Waals surface area (Å²) in [6.07, 6.45) is 5.20. The second-order valence-corrected chi connectivity index (χ2v) is 24.0. The second kappa shape index (κ2) is 10.8. The molecule has 1 N–H and O–H groups in total. The van der Waals surface area contributed by atoms with Crippen molar-refractivity contribution in [2.24, 2.45) is 16.7 Å². The summed E-state index contributed by atoms with van der Waals surface area (Å²) in [6, 6.07) is 8.97. The molecule has 2 aliphatic rings. The lowest BCUT2D eigenvalue weighted by Crippen LogP contribution is -2.45. The van der Waals surface area contributed by atoms with Crippen LogP contribution in [-0.4, -0.2) is 51.9 Å². The van der Waals surface area contributed by atoms with Gasteiger partial charge in [0.1, 0.15) is 5.75 Å². The van der Waals surface area contributed by atoms with Crippen molar-refractivity contribution in [1.82, 2.24) is 5.32 Å². The number of Topliss-reactive ketones (excluding diaryl/α,β-unsaturated/α-hetero) is 1. The van der Waals surface area contributed by atoms with Crippen molar-refractivity contribution in [1.29, 1.82) is 0 Å². The lowest BCUT2D eigenvalue weighted by atomic mass is 9.69. The minimum atomic E-state index is -1.63. The molecule has 2 aliphatic carbocycles. The minimum absolute atomic E-state index is 0.0355. The normalized spacial score (nSPS) is 25.1. The van der Waals surface area contributed by atoms with Gasteiger partial charge in [-0.3, -0.25) is 4.79 Å². The number of carbonyl (C=O) groups is 1. The van der Waals surface area contributed by atoms with E-state index in [2.05, 4.69) is 64.5 Å². The molecule has 2 atom stereocenters. The predicted octanol–water partition coefficient (Wildman–Crippen LogP) is 6.25. The van der Waals surface area contributed by atoms with Gasteiger partial charge in [-0.2, -0.15) is 0 Å². The van der Waals surface area contributed by atoms with Crippen LogP contribution in [0.3, 0.4) is 0 Å². The van der Waals surface area contributed by atoms with Crippen LogP contribution < -0.4 is 10.1 Å². The maximum Gasteiger partial charge on any atom is 0.362 e. The molecule has 5 nitrogen and oxygen atoms in total. The number of ketones is 1. The average Bonchev–Trinajstić information content (AvgIpc) is 3.07. The largest absolute Gasteiger partial charge is 0.497 e. The van der Waals surface area contributed by atoms with Crippen LogP contribution in [0.2, 0.25) is 45.3 Å². The molecule has 35 heavy (non-hydrogen) atoms. The predicted molar refractivity (Wildman–Crippen MR) is 152 cm³/mol. The zero-order valence-electron chi connectivity index (χ0n) is 23.3. The van der Waals surface area contributed by atoms with E-state index in [-0.39, 0.29) is 10.8 Å². The topological polar surface area (TPSA) is 56.8 Å². The number of hydrogen-bond acceptors (Lipinski definition) is 5. The van der Waals surface area contributed by atoms with Crippen molar-refractivity contribution in [2.75, 3.05) is 20.2 Å². The maximum atomic E-state index is 13.8. The fourth-order valence-corrected chi connectivity index (χ4v) is 13.0. The molecule has 1 aromatic carbocycles. The summed E-state index contributed by atoms with van der Waals surface area (Å²) in [7, 11) is -2.84. The molecule has 0 saturated heterocycles. The minimum Gasteiger partial charge on any atom is -0.497 e. The van der Waals surface area contributed by atoms with E-state index in [1.54, 1.807) is 7.11 Å². The van der Waals surface area contributed by atoms with Crippen molar-refractivity contribution in [3.63, 3.8) is 0 Å². The van der Waals surface area contributed by atoms with Gasteiger partial charge < -0.3 is 18.3 Å². The first kappa shape index (κ1) is 28.5. The molecular weight excluding hydrogens is 487 g/mol. The van der Waals surface area contributed by atoms with Gasteiger partial charge in [0.05, 0.1) is 12.5 Å².